The monoisotopic (exact) mass is 474 g/mol. The quantitative estimate of drug-likeness (QED) is 0.548. The maximum absolute atomic E-state index is 13.2. The summed E-state index contributed by atoms with van der Waals surface area (Å²) >= 11 is 1.28. The van der Waals surface area contributed by atoms with Crippen molar-refractivity contribution in [2.75, 3.05) is 37.2 Å². The van der Waals surface area contributed by atoms with Gasteiger partial charge in [0.1, 0.15) is 0 Å². The molecule has 1 fully saturated rings. The standard InChI is InChI=1S/C25H22N4O4S/c26-16-18-5-3-6-19(15-18)27-23(30)17-34-22-9-2-1-7-20(22)24(31)28-10-12-29(13-11-28)25(32)21-8-4-14-33-21/h1-9,14-15H,10-13,17H2,(H,27,30). The second-order valence-corrected chi connectivity index (χ2v) is 8.60. The average molecular weight is 475 g/mol. The first-order chi connectivity index (χ1) is 16.5. The summed E-state index contributed by atoms with van der Waals surface area (Å²) in [5.41, 5.74) is 1.54. The number of hydrogen-bond acceptors (Lipinski definition) is 6. The number of nitrogens with zero attached hydrogens (tertiary/aromatic N) is 3. The Kier molecular flexibility index (Phi) is 7.30. The van der Waals surface area contributed by atoms with Crippen LogP contribution in [0.4, 0.5) is 5.69 Å². The molecule has 2 heterocycles. The van der Waals surface area contributed by atoms with Crippen LogP contribution in [0.15, 0.2) is 76.2 Å². The molecule has 0 radical (unpaired) electrons. The number of benzene rings is 2. The maximum atomic E-state index is 13.2. The summed E-state index contributed by atoms with van der Waals surface area (Å²) in [6.45, 7) is 1.68. The number of nitrogens with one attached hydrogen (secondary N) is 1. The van der Waals surface area contributed by atoms with Crippen LogP contribution in [0.1, 0.15) is 26.5 Å². The second-order valence-electron chi connectivity index (χ2n) is 7.59. The molecule has 9 heteroatoms. The van der Waals surface area contributed by atoms with Gasteiger partial charge in [0.25, 0.3) is 11.8 Å². The Balaban J connectivity index is 1.34. The minimum Gasteiger partial charge on any atom is -0.459 e. The molecule has 3 aromatic rings. The highest BCUT2D eigenvalue weighted by Crippen LogP contribution is 2.25. The summed E-state index contributed by atoms with van der Waals surface area (Å²) < 4.78 is 5.18. The zero-order valence-electron chi connectivity index (χ0n) is 18.3. The first kappa shape index (κ1) is 23.1. The van der Waals surface area contributed by atoms with Gasteiger partial charge < -0.3 is 19.5 Å². The molecule has 1 aliphatic heterocycles. The average Bonchev–Trinajstić information content (AvgIpc) is 3.42. The van der Waals surface area contributed by atoms with E-state index in [0.29, 0.717) is 53.6 Å². The summed E-state index contributed by atoms with van der Waals surface area (Å²) in [7, 11) is 0. The van der Waals surface area contributed by atoms with Gasteiger partial charge in [-0.25, -0.2) is 0 Å². The molecule has 172 valence electrons. The zero-order chi connectivity index (χ0) is 23.9. The van der Waals surface area contributed by atoms with Crippen molar-refractivity contribution in [1.82, 2.24) is 9.80 Å². The molecule has 1 aliphatic rings. The van der Waals surface area contributed by atoms with E-state index in [4.69, 9.17) is 9.68 Å². The van der Waals surface area contributed by atoms with Crippen LogP contribution in [0.3, 0.4) is 0 Å². The molecule has 2 aromatic carbocycles. The molecule has 0 spiro atoms. The fraction of sp³-hybridized carbons (Fsp3) is 0.200. The van der Waals surface area contributed by atoms with Crippen LogP contribution in [0.2, 0.25) is 0 Å². The third kappa shape index (κ3) is 5.47. The molecule has 1 N–H and O–H groups in total. The van der Waals surface area contributed by atoms with Gasteiger partial charge in [0, 0.05) is 36.8 Å². The normalized spacial score (nSPS) is 13.3. The highest BCUT2D eigenvalue weighted by Gasteiger charge is 2.27. The molecule has 8 nitrogen and oxygen atoms in total. The van der Waals surface area contributed by atoms with E-state index in [9.17, 15) is 14.4 Å². The summed E-state index contributed by atoms with van der Waals surface area (Å²) in [4.78, 5) is 42.2. The lowest BCUT2D eigenvalue weighted by molar-refractivity contribution is -0.113. The van der Waals surface area contributed by atoms with E-state index in [1.54, 1.807) is 58.3 Å². The van der Waals surface area contributed by atoms with E-state index in [1.165, 1.54) is 18.0 Å². The summed E-state index contributed by atoms with van der Waals surface area (Å²) in [6, 6.07) is 19.2. The number of amides is 3. The third-order valence-corrected chi connectivity index (χ3v) is 6.41. The van der Waals surface area contributed by atoms with Gasteiger partial charge in [-0.1, -0.05) is 18.2 Å². The van der Waals surface area contributed by atoms with Crippen molar-refractivity contribution in [3.63, 3.8) is 0 Å². The molecule has 1 aromatic heterocycles. The minimum atomic E-state index is -0.229. The lowest BCUT2D eigenvalue weighted by atomic mass is 10.1. The number of thioether (sulfide) groups is 1. The third-order valence-electron chi connectivity index (χ3n) is 5.34. The Morgan fingerprint density at radius 3 is 2.38 bits per heavy atom. The largest absolute Gasteiger partial charge is 0.459 e. The van der Waals surface area contributed by atoms with Crippen LogP contribution in [-0.2, 0) is 4.79 Å². The SMILES string of the molecule is N#Cc1cccc(NC(=O)CSc2ccccc2C(=O)N2CCN(C(=O)c3ccco3)CC2)c1. The van der Waals surface area contributed by atoms with E-state index in [0.717, 1.165) is 0 Å². The minimum absolute atomic E-state index is 0.118. The van der Waals surface area contributed by atoms with Crippen LogP contribution in [0.5, 0.6) is 0 Å². The first-order valence-electron chi connectivity index (χ1n) is 10.7. The molecular formula is C25H22N4O4S. The van der Waals surface area contributed by atoms with Gasteiger partial charge in [-0.2, -0.15) is 5.26 Å². The molecule has 0 saturated carbocycles. The Bertz CT molecular complexity index is 1230. The summed E-state index contributed by atoms with van der Waals surface area (Å²) in [5.74, 6) is -0.131. The van der Waals surface area contributed by atoms with Crippen LogP contribution >= 0.6 is 11.8 Å². The molecule has 3 amide bonds. The van der Waals surface area contributed by atoms with Gasteiger partial charge in [-0.05, 0) is 42.5 Å². The lowest BCUT2D eigenvalue weighted by Gasteiger charge is -2.34. The van der Waals surface area contributed by atoms with Crippen molar-refractivity contribution >= 4 is 35.2 Å². The van der Waals surface area contributed by atoms with Crippen molar-refractivity contribution in [3.8, 4) is 6.07 Å². The van der Waals surface area contributed by atoms with Crippen LogP contribution in [0, 0.1) is 11.3 Å². The number of carbonyl (C=O) groups is 3. The number of rotatable bonds is 6. The number of nitriles is 1. The van der Waals surface area contributed by atoms with Gasteiger partial charge >= 0.3 is 0 Å². The second kappa shape index (κ2) is 10.7. The lowest BCUT2D eigenvalue weighted by Crippen LogP contribution is -2.50. The molecule has 1 saturated heterocycles. The van der Waals surface area contributed by atoms with Gasteiger partial charge in [-0.3, -0.25) is 14.4 Å². The molecular weight excluding hydrogens is 452 g/mol. The number of piperazine rings is 1. The zero-order valence-corrected chi connectivity index (χ0v) is 19.1. The predicted molar refractivity (Wildman–Crippen MR) is 127 cm³/mol. The molecule has 0 aliphatic carbocycles. The van der Waals surface area contributed by atoms with Gasteiger partial charge in [0.15, 0.2) is 5.76 Å². The summed E-state index contributed by atoms with van der Waals surface area (Å²) in [6.07, 6.45) is 1.46. The molecule has 0 atom stereocenters. The van der Waals surface area contributed by atoms with Crippen molar-refractivity contribution in [3.05, 3.63) is 83.8 Å². The molecule has 0 unspecified atom stereocenters. The predicted octanol–water partition coefficient (Wildman–Crippen LogP) is 3.48. The van der Waals surface area contributed by atoms with Crippen molar-refractivity contribution in [1.29, 1.82) is 5.26 Å². The van der Waals surface area contributed by atoms with Gasteiger partial charge in [0.2, 0.25) is 5.91 Å². The van der Waals surface area contributed by atoms with E-state index < -0.39 is 0 Å². The molecule has 0 bridgehead atoms. The summed E-state index contributed by atoms with van der Waals surface area (Å²) in [5, 5.41) is 11.8. The first-order valence-corrected chi connectivity index (χ1v) is 11.7. The van der Waals surface area contributed by atoms with Crippen molar-refractivity contribution < 1.29 is 18.8 Å². The Morgan fingerprint density at radius 1 is 0.941 bits per heavy atom. The van der Waals surface area contributed by atoms with Crippen LogP contribution in [0.25, 0.3) is 0 Å². The number of furan rings is 1. The van der Waals surface area contributed by atoms with Crippen molar-refractivity contribution in [2.45, 2.75) is 4.90 Å². The van der Waals surface area contributed by atoms with E-state index in [-0.39, 0.29) is 23.5 Å². The van der Waals surface area contributed by atoms with Crippen molar-refractivity contribution in [2.24, 2.45) is 0 Å². The highest BCUT2D eigenvalue weighted by atomic mass is 32.2. The maximum Gasteiger partial charge on any atom is 0.289 e. The topological polar surface area (TPSA) is 107 Å². The van der Waals surface area contributed by atoms with E-state index in [2.05, 4.69) is 5.32 Å². The van der Waals surface area contributed by atoms with E-state index >= 15 is 0 Å². The van der Waals surface area contributed by atoms with Gasteiger partial charge in [-0.15, -0.1) is 11.8 Å². The fourth-order valence-electron chi connectivity index (χ4n) is 3.62. The Morgan fingerprint density at radius 2 is 1.68 bits per heavy atom. The fourth-order valence-corrected chi connectivity index (χ4v) is 4.46. The highest BCUT2D eigenvalue weighted by molar-refractivity contribution is 8.00. The Hall–Kier alpha value is -4.03. The number of hydrogen-bond donors (Lipinski definition) is 1. The van der Waals surface area contributed by atoms with Crippen LogP contribution in [-0.4, -0.2) is 59.5 Å². The Labute approximate surface area is 201 Å². The van der Waals surface area contributed by atoms with Crippen LogP contribution < -0.4 is 5.32 Å². The molecule has 4 rings (SSSR count). The number of carbonyl (C=O) groups excluding carboxylic acids is 3. The smallest absolute Gasteiger partial charge is 0.289 e. The van der Waals surface area contributed by atoms with E-state index in [1.807, 2.05) is 18.2 Å². The number of anilines is 1. The molecule has 34 heavy (non-hydrogen) atoms. The van der Waals surface area contributed by atoms with Gasteiger partial charge in [0.05, 0.1) is 29.2 Å².